The molecule has 0 aromatic carbocycles. The van der Waals surface area contributed by atoms with E-state index in [9.17, 15) is 5.11 Å². The molecule has 3 nitrogen and oxygen atoms in total. The molecule has 3 heteroatoms. The molecule has 12 heavy (non-hydrogen) atoms. The fourth-order valence-corrected chi connectivity index (χ4v) is 1.23. The summed E-state index contributed by atoms with van der Waals surface area (Å²) in [6.45, 7) is 5.55. The Morgan fingerprint density at radius 2 is 2.08 bits per heavy atom. The van der Waals surface area contributed by atoms with Crippen LogP contribution < -0.4 is 5.32 Å². The summed E-state index contributed by atoms with van der Waals surface area (Å²) in [5, 5.41) is 12.8. The molecule has 1 saturated heterocycles. The Bertz CT molecular complexity index is 141. The molecule has 0 amide bonds. The fourth-order valence-electron chi connectivity index (χ4n) is 1.23. The zero-order chi connectivity index (χ0) is 9.24. The van der Waals surface area contributed by atoms with Crippen molar-refractivity contribution in [2.75, 3.05) is 20.2 Å². The quantitative estimate of drug-likeness (QED) is 0.651. The molecular weight excluding hydrogens is 154 g/mol. The van der Waals surface area contributed by atoms with Crippen LogP contribution in [0.15, 0.2) is 0 Å². The highest BCUT2D eigenvalue weighted by Gasteiger charge is 2.35. The van der Waals surface area contributed by atoms with Crippen molar-refractivity contribution in [2.45, 2.75) is 37.9 Å². The minimum atomic E-state index is -0.462. The van der Waals surface area contributed by atoms with E-state index >= 15 is 0 Å². The lowest BCUT2D eigenvalue weighted by atomic mass is 9.87. The Balaban J connectivity index is 2.24. The molecule has 2 N–H and O–H groups in total. The summed E-state index contributed by atoms with van der Waals surface area (Å²) in [6, 6.07) is 0. The number of nitrogens with one attached hydrogen (secondary N) is 1. The second-order valence-corrected chi connectivity index (χ2v) is 4.29. The molecule has 1 fully saturated rings. The van der Waals surface area contributed by atoms with Crippen molar-refractivity contribution in [2.24, 2.45) is 0 Å². The first-order valence-corrected chi connectivity index (χ1v) is 4.46. The smallest absolute Gasteiger partial charge is 0.0896 e. The first kappa shape index (κ1) is 9.96. The van der Waals surface area contributed by atoms with Crippen LogP contribution in [0.4, 0.5) is 0 Å². The number of methoxy groups -OCH3 is 1. The van der Waals surface area contributed by atoms with Crippen molar-refractivity contribution in [3.8, 4) is 0 Å². The molecule has 0 radical (unpaired) electrons. The van der Waals surface area contributed by atoms with E-state index < -0.39 is 5.60 Å². The van der Waals surface area contributed by atoms with Crippen LogP contribution in [0.5, 0.6) is 0 Å². The molecule has 1 aliphatic rings. The number of hydrogen-bond acceptors (Lipinski definition) is 3. The zero-order valence-electron chi connectivity index (χ0n) is 8.18. The minimum Gasteiger partial charge on any atom is -0.387 e. The summed E-state index contributed by atoms with van der Waals surface area (Å²) in [5.41, 5.74) is -0.568. The Morgan fingerprint density at radius 3 is 2.42 bits per heavy atom. The van der Waals surface area contributed by atoms with Gasteiger partial charge in [-0.3, -0.25) is 0 Å². The van der Waals surface area contributed by atoms with Gasteiger partial charge in [-0.1, -0.05) is 0 Å². The van der Waals surface area contributed by atoms with E-state index in [1.807, 2.05) is 13.8 Å². The van der Waals surface area contributed by atoms with Gasteiger partial charge in [-0.25, -0.2) is 0 Å². The number of ether oxygens (including phenoxy) is 1. The van der Waals surface area contributed by atoms with E-state index in [0.717, 1.165) is 25.9 Å². The maximum absolute atomic E-state index is 9.75. The predicted octanol–water partition coefficient (Wildman–Crippen LogP) is 0.526. The molecule has 1 heterocycles. The van der Waals surface area contributed by atoms with Gasteiger partial charge in [0.2, 0.25) is 0 Å². The molecule has 0 atom stereocenters. The fraction of sp³-hybridized carbons (Fsp3) is 1.00. The van der Waals surface area contributed by atoms with Gasteiger partial charge < -0.3 is 15.2 Å². The summed E-state index contributed by atoms with van der Waals surface area (Å²) in [6.07, 6.45) is 1.72. The van der Waals surface area contributed by atoms with Crippen LogP contribution in [0, 0.1) is 0 Å². The summed E-state index contributed by atoms with van der Waals surface area (Å²) in [5.74, 6) is 0. The highest BCUT2D eigenvalue weighted by Crippen LogP contribution is 2.24. The third-order valence-corrected chi connectivity index (χ3v) is 2.65. The lowest BCUT2D eigenvalue weighted by molar-refractivity contribution is -0.0505. The van der Waals surface area contributed by atoms with Crippen LogP contribution >= 0.6 is 0 Å². The Kier molecular flexibility index (Phi) is 2.76. The lowest BCUT2D eigenvalue weighted by Crippen LogP contribution is -2.59. The van der Waals surface area contributed by atoms with E-state index in [0.29, 0.717) is 0 Å². The van der Waals surface area contributed by atoms with Gasteiger partial charge in [0.05, 0.1) is 11.2 Å². The van der Waals surface area contributed by atoms with Crippen molar-refractivity contribution in [1.82, 2.24) is 5.32 Å². The zero-order valence-corrected chi connectivity index (χ0v) is 8.18. The van der Waals surface area contributed by atoms with Crippen LogP contribution in [0.2, 0.25) is 0 Å². The van der Waals surface area contributed by atoms with Gasteiger partial charge in [0.15, 0.2) is 0 Å². The van der Waals surface area contributed by atoms with Gasteiger partial charge in [0, 0.05) is 20.2 Å². The van der Waals surface area contributed by atoms with Crippen molar-refractivity contribution < 1.29 is 9.84 Å². The summed E-state index contributed by atoms with van der Waals surface area (Å²) in [7, 11) is 1.71. The van der Waals surface area contributed by atoms with E-state index in [4.69, 9.17) is 4.74 Å². The highest BCUT2D eigenvalue weighted by atomic mass is 16.5. The molecule has 1 rings (SSSR count). The van der Waals surface area contributed by atoms with Crippen LogP contribution in [0.1, 0.15) is 26.7 Å². The van der Waals surface area contributed by atoms with Crippen molar-refractivity contribution in [1.29, 1.82) is 0 Å². The monoisotopic (exact) mass is 173 g/mol. The number of rotatable bonds is 4. The first-order chi connectivity index (χ1) is 5.47. The van der Waals surface area contributed by atoms with Crippen LogP contribution in [-0.4, -0.2) is 36.5 Å². The van der Waals surface area contributed by atoms with E-state index in [1.165, 1.54) is 0 Å². The topological polar surface area (TPSA) is 41.5 Å². The second kappa shape index (κ2) is 3.32. The lowest BCUT2D eigenvalue weighted by Gasteiger charge is -2.39. The van der Waals surface area contributed by atoms with Crippen molar-refractivity contribution >= 4 is 0 Å². The Hall–Kier alpha value is -0.120. The molecule has 1 aliphatic heterocycles. The third-order valence-electron chi connectivity index (χ3n) is 2.65. The Morgan fingerprint density at radius 1 is 1.50 bits per heavy atom. The van der Waals surface area contributed by atoms with Gasteiger partial charge in [-0.05, 0) is 26.7 Å². The summed E-state index contributed by atoms with van der Waals surface area (Å²) >= 11 is 0. The molecule has 0 aliphatic carbocycles. The summed E-state index contributed by atoms with van der Waals surface area (Å²) in [4.78, 5) is 0. The average Bonchev–Trinajstić information content (AvgIpc) is 1.98. The van der Waals surface area contributed by atoms with Gasteiger partial charge in [-0.2, -0.15) is 0 Å². The number of β-amino-alcohol motifs (C(OH)–C–C–N with tert-alkyl or cyclic N) is 1. The van der Waals surface area contributed by atoms with Crippen molar-refractivity contribution in [3.63, 3.8) is 0 Å². The largest absolute Gasteiger partial charge is 0.387 e. The molecule has 0 spiro atoms. The Labute approximate surface area is 74.1 Å². The molecule has 0 aromatic heterocycles. The van der Waals surface area contributed by atoms with Crippen molar-refractivity contribution in [3.05, 3.63) is 0 Å². The number of aliphatic hydroxyl groups is 1. The SMILES string of the molecule is COC(C)(C)CCC1(O)CNC1. The van der Waals surface area contributed by atoms with E-state index in [1.54, 1.807) is 7.11 Å². The van der Waals surface area contributed by atoms with Crippen LogP contribution in [0.3, 0.4) is 0 Å². The molecule has 0 aromatic rings. The van der Waals surface area contributed by atoms with Gasteiger partial charge in [0.25, 0.3) is 0 Å². The second-order valence-electron chi connectivity index (χ2n) is 4.29. The molecule has 0 unspecified atom stereocenters. The van der Waals surface area contributed by atoms with E-state index in [-0.39, 0.29) is 5.60 Å². The van der Waals surface area contributed by atoms with Crippen LogP contribution in [-0.2, 0) is 4.74 Å². The van der Waals surface area contributed by atoms with E-state index in [2.05, 4.69) is 5.32 Å². The van der Waals surface area contributed by atoms with Gasteiger partial charge in [0.1, 0.15) is 0 Å². The molecular formula is C9H19NO2. The maximum atomic E-state index is 9.75. The molecule has 72 valence electrons. The molecule has 0 saturated carbocycles. The standard InChI is InChI=1S/C9H19NO2/c1-8(2,12-3)4-5-9(11)6-10-7-9/h10-11H,4-7H2,1-3H3. The number of hydrogen-bond donors (Lipinski definition) is 2. The maximum Gasteiger partial charge on any atom is 0.0896 e. The van der Waals surface area contributed by atoms with Gasteiger partial charge in [-0.15, -0.1) is 0 Å². The normalized spacial score (nSPS) is 22.0. The first-order valence-electron chi connectivity index (χ1n) is 4.46. The third kappa shape index (κ3) is 2.44. The van der Waals surface area contributed by atoms with Crippen LogP contribution in [0.25, 0.3) is 0 Å². The highest BCUT2D eigenvalue weighted by molar-refractivity contribution is 4.93. The molecule has 0 bridgehead atoms. The summed E-state index contributed by atoms with van der Waals surface area (Å²) < 4.78 is 5.27. The average molecular weight is 173 g/mol. The predicted molar refractivity (Wildman–Crippen MR) is 48.1 cm³/mol. The van der Waals surface area contributed by atoms with Gasteiger partial charge >= 0.3 is 0 Å². The minimum absolute atomic E-state index is 0.106.